The van der Waals surface area contributed by atoms with Crippen molar-refractivity contribution in [1.29, 1.82) is 0 Å². The molecule has 0 saturated carbocycles. The number of anilines is 1. The number of carbonyl (C=O) groups excluding carboxylic acids is 2. The molecule has 2 rings (SSSR count). The van der Waals surface area contributed by atoms with Crippen LogP contribution in [0.5, 0.6) is 0 Å². The van der Waals surface area contributed by atoms with E-state index in [1.54, 1.807) is 37.1 Å². The number of likely N-dealkylation sites (tertiary alicyclic amines) is 1. The minimum atomic E-state index is -0.911. The van der Waals surface area contributed by atoms with Gasteiger partial charge >= 0.3 is 12.0 Å². The highest BCUT2D eigenvalue weighted by Gasteiger charge is 2.42. The molecule has 26 heavy (non-hydrogen) atoms. The first-order chi connectivity index (χ1) is 12.0. The van der Waals surface area contributed by atoms with Gasteiger partial charge in [0.05, 0.1) is 5.41 Å². The number of carboxylic acids is 1. The van der Waals surface area contributed by atoms with E-state index in [0.29, 0.717) is 24.2 Å². The van der Waals surface area contributed by atoms with Crippen molar-refractivity contribution in [3.8, 4) is 0 Å². The fourth-order valence-electron chi connectivity index (χ4n) is 2.87. The van der Waals surface area contributed by atoms with Crippen molar-refractivity contribution >= 4 is 23.6 Å². The number of amides is 3. The average molecular weight is 361 g/mol. The number of carboxylic acid groups (broad SMARTS) is 1. The molecular weight excluding hydrogens is 334 g/mol. The summed E-state index contributed by atoms with van der Waals surface area (Å²) in [4.78, 5) is 39.5. The van der Waals surface area contributed by atoms with Gasteiger partial charge in [0.15, 0.2) is 0 Å². The lowest BCUT2D eigenvalue weighted by Crippen LogP contribution is -2.37. The number of hydrogen-bond donors (Lipinski definition) is 2. The smallest absolute Gasteiger partial charge is 0.321 e. The Bertz CT molecular complexity index is 731. The maximum Gasteiger partial charge on any atom is 0.321 e. The van der Waals surface area contributed by atoms with E-state index >= 15 is 0 Å². The van der Waals surface area contributed by atoms with E-state index in [4.69, 9.17) is 0 Å². The molecule has 1 aromatic carbocycles. The molecule has 1 aromatic rings. The normalized spacial score (nSPS) is 19.5. The summed E-state index contributed by atoms with van der Waals surface area (Å²) in [5.74, 6) is -0.999. The summed E-state index contributed by atoms with van der Waals surface area (Å²) < 4.78 is 0. The molecule has 142 valence electrons. The number of carbonyl (C=O) groups is 3. The first-order valence-corrected chi connectivity index (χ1v) is 8.72. The molecule has 1 fully saturated rings. The number of nitrogens with zero attached hydrogens (tertiary/aromatic N) is 2. The average Bonchev–Trinajstić information content (AvgIpc) is 2.99. The van der Waals surface area contributed by atoms with Crippen molar-refractivity contribution in [2.24, 2.45) is 5.41 Å². The molecule has 1 unspecified atom stereocenters. The third-order valence-electron chi connectivity index (χ3n) is 5.09. The highest BCUT2D eigenvalue weighted by Crippen LogP contribution is 2.30. The second kappa shape index (κ2) is 7.35. The van der Waals surface area contributed by atoms with Crippen LogP contribution in [-0.4, -0.2) is 59.0 Å². The summed E-state index contributed by atoms with van der Waals surface area (Å²) in [6.07, 6.45) is 0.423. The lowest BCUT2D eigenvalue weighted by atomic mass is 9.90. The molecule has 0 spiro atoms. The van der Waals surface area contributed by atoms with Crippen LogP contribution in [0.4, 0.5) is 10.5 Å². The lowest BCUT2D eigenvalue weighted by molar-refractivity contribution is -0.146. The zero-order valence-corrected chi connectivity index (χ0v) is 16.0. The van der Waals surface area contributed by atoms with Crippen molar-refractivity contribution in [3.63, 3.8) is 0 Å². The molecule has 0 radical (unpaired) electrons. The maximum atomic E-state index is 12.6. The number of aliphatic carboxylic acids is 1. The number of urea groups is 1. The Morgan fingerprint density at radius 2 is 1.96 bits per heavy atom. The standard InChI is InChI=1S/C19H27N3O4/c1-12(2)21(5)16(23)15-10-14(7-6-13(15)3)20-18(26)22-9-8-19(4,11-22)17(24)25/h6-7,10,12H,8-9,11H2,1-5H3,(H,20,26)(H,24,25). The van der Waals surface area contributed by atoms with Crippen LogP contribution in [0.2, 0.25) is 0 Å². The number of hydrogen-bond acceptors (Lipinski definition) is 3. The Hall–Kier alpha value is -2.57. The molecule has 2 N–H and O–H groups in total. The zero-order valence-electron chi connectivity index (χ0n) is 16.0. The van der Waals surface area contributed by atoms with E-state index in [-0.39, 0.29) is 24.5 Å². The van der Waals surface area contributed by atoms with E-state index in [0.717, 1.165) is 5.56 Å². The minimum absolute atomic E-state index is 0.0680. The first-order valence-electron chi connectivity index (χ1n) is 8.72. The van der Waals surface area contributed by atoms with Crippen LogP contribution in [0.25, 0.3) is 0 Å². The van der Waals surface area contributed by atoms with Crippen molar-refractivity contribution in [2.75, 3.05) is 25.5 Å². The van der Waals surface area contributed by atoms with Crippen LogP contribution in [0, 0.1) is 12.3 Å². The topological polar surface area (TPSA) is 90.0 Å². The molecule has 1 heterocycles. The van der Waals surface area contributed by atoms with Crippen LogP contribution in [0.1, 0.15) is 43.1 Å². The van der Waals surface area contributed by atoms with E-state index < -0.39 is 11.4 Å². The molecule has 1 saturated heterocycles. The number of nitrogens with one attached hydrogen (secondary N) is 1. The predicted molar refractivity (Wildman–Crippen MR) is 99.4 cm³/mol. The molecule has 7 nitrogen and oxygen atoms in total. The Balaban J connectivity index is 2.13. The highest BCUT2D eigenvalue weighted by molar-refractivity contribution is 5.98. The Kier molecular flexibility index (Phi) is 5.59. The van der Waals surface area contributed by atoms with Gasteiger partial charge in [-0.25, -0.2) is 4.79 Å². The van der Waals surface area contributed by atoms with Gasteiger partial charge in [0.25, 0.3) is 5.91 Å². The minimum Gasteiger partial charge on any atom is -0.481 e. The third-order valence-corrected chi connectivity index (χ3v) is 5.09. The molecule has 7 heteroatoms. The van der Waals surface area contributed by atoms with Gasteiger partial charge in [-0.2, -0.15) is 0 Å². The van der Waals surface area contributed by atoms with Crippen molar-refractivity contribution < 1.29 is 19.5 Å². The largest absolute Gasteiger partial charge is 0.481 e. The summed E-state index contributed by atoms with van der Waals surface area (Å²) in [5, 5.41) is 12.1. The molecule has 1 atom stereocenters. The van der Waals surface area contributed by atoms with Crippen molar-refractivity contribution in [2.45, 2.75) is 40.2 Å². The van der Waals surface area contributed by atoms with Gasteiger partial charge in [-0.1, -0.05) is 6.07 Å². The van der Waals surface area contributed by atoms with E-state index in [9.17, 15) is 19.5 Å². The highest BCUT2D eigenvalue weighted by atomic mass is 16.4. The molecule has 0 bridgehead atoms. The second-order valence-electron chi connectivity index (χ2n) is 7.51. The predicted octanol–water partition coefficient (Wildman–Crippen LogP) is 2.80. The fourth-order valence-corrected chi connectivity index (χ4v) is 2.87. The molecule has 1 aliphatic heterocycles. The Morgan fingerprint density at radius 1 is 1.31 bits per heavy atom. The van der Waals surface area contributed by atoms with Gasteiger partial charge in [-0.05, 0) is 51.8 Å². The van der Waals surface area contributed by atoms with E-state index in [1.807, 2.05) is 20.8 Å². The van der Waals surface area contributed by atoms with E-state index in [2.05, 4.69) is 5.32 Å². The van der Waals surface area contributed by atoms with Gasteiger partial charge in [0.1, 0.15) is 0 Å². The van der Waals surface area contributed by atoms with Crippen molar-refractivity contribution in [3.05, 3.63) is 29.3 Å². The number of rotatable bonds is 4. The van der Waals surface area contributed by atoms with Crippen LogP contribution >= 0.6 is 0 Å². The first kappa shape index (κ1) is 19.8. The second-order valence-corrected chi connectivity index (χ2v) is 7.51. The quantitative estimate of drug-likeness (QED) is 0.863. The summed E-state index contributed by atoms with van der Waals surface area (Å²) in [7, 11) is 1.74. The Labute approximate surface area is 154 Å². The molecular formula is C19H27N3O4. The molecule has 1 aliphatic rings. The molecule has 0 aliphatic carbocycles. The van der Waals surface area contributed by atoms with Gasteiger partial charge in [0.2, 0.25) is 0 Å². The lowest BCUT2D eigenvalue weighted by Gasteiger charge is -2.23. The van der Waals surface area contributed by atoms with Gasteiger partial charge in [0, 0.05) is 37.4 Å². The maximum absolute atomic E-state index is 12.6. The van der Waals surface area contributed by atoms with Crippen molar-refractivity contribution in [1.82, 2.24) is 9.80 Å². The van der Waals surface area contributed by atoms with E-state index in [1.165, 1.54) is 4.90 Å². The SMILES string of the molecule is Cc1ccc(NC(=O)N2CCC(C)(C(=O)O)C2)cc1C(=O)N(C)C(C)C. The van der Waals surface area contributed by atoms with Gasteiger partial charge in [-0.15, -0.1) is 0 Å². The van der Waals surface area contributed by atoms with Crippen LogP contribution in [-0.2, 0) is 4.79 Å². The van der Waals surface area contributed by atoms with Crippen LogP contribution in [0.3, 0.4) is 0 Å². The molecule has 3 amide bonds. The summed E-state index contributed by atoms with van der Waals surface area (Å²) >= 11 is 0. The Morgan fingerprint density at radius 3 is 2.50 bits per heavy atom. The van der Waals surface area contributed by atoms with Crippen LogP contribution in [0.15, 0.2) is 18.2 Å². The number of benzene rings is 1. The van der Waals surface area contributed by atoms with Crippen LogP contribution < -0.4 is 5.32 Å². The summed E-state index contributed by atoms with van der Waals surface area (Å²) in [5.41, 5.74) is 0.979. The summed E-state index contributed by atoms with van der Waals surface area (Å²) in [6, 6.07) is 4.92. The number of aryl methyl sites for hydroxylation is 1. The molecule has 0 aromatic heterocycles. The third kappa shape index (κ3) is 3.98. The zero-order chi connectivity index (χ0) is 19.6. The summed E-state index contributed by atoms with van der Waals surface area (Å²) in [6.45, 7) is 7.93. The fraction of sp³-hybridized carbons (Fsp3) is 0.526. The van der Waals surface area contributed by atoms with Gasteiger partial charge in [-0.3, -0.25) is 9.59 Å². The monoisotopic (exact) mass is 361 g/mol. The van der Waals surface area contributed by atoms with Gasteiger partial charge < -0.3 is 20.2 Å².